The maximum atomic E-state index is 13.5. The van der Waals surface area contributed by atoms with Gasteiger partial charge in [-0.3, -0.25) is 0 Å². The Morgan fingerprint density at radius 3 is 2.32 bits per heavy atom. The van der Waals surface area contributed by atoms with E-state index < -0.39 is 12.2 Å². The minimum absolute atomic E-state index is 0.173. The Bertz CT molecular complexity index is 445. The number of alkyl halides is 3. The Balaban J connectivity index is 2.95. The van der Waals surface area contributed by atoms with Gasteiger partial charge in [-0.05, 0) is 24.7 Å². The predicted molar refractivity (Wildman–Crippen MR) is 84.7 cm³/mol. The largest absolute Gasteiger partial charge is 0.409 e. The zero-order chi connectivity index (χ0) is 16.8. The van der Waals surface area contributed by atoms with E-state index in [2.05, 4.69) is 0 Å². The second-order valence-corrected chi connectivity index (χ2v) is 6.35. The van der Waals surface area contributed by atoms with Crippen molar-refractivity contribution >= 4 is 23.7 Å². The zero-order valence-electron chi connectivity index (χ0n) is 12.7. The van der Waals surface area contributed by atoms with Crippen LogP contribution in [0.3, 0.4) is 0 Å². The summed E-state index contributed by atoms with van der Waals surface area (Å²) in [5.74, 6) is 0. The minimum atomic E-state index is -4.38. The molecule has 0 bridgehead atoms. The molecule has 1 rings (SSSR count). The van der Waals surface area contributed by atoms with Gasteiger partial charge in [0.1, 0.15) is 6.04 Å². The molecular formula is C14H20ClF3N2OS. The first-order valence-electron chi connectivity index (χ1n) is 6.76. The molecular weight excluding hydrogens is 337 g/mol. The summed E-state index contributed by atoms with van der Waals surface area (Å²) < 4.78 is 48.5. The summed E-state index contributed by atoms with van der Waals surface area (Å²) in [4.78, 5) is 0. The molecule has 0 aliphatic carbocycles. The fourth-order valence-electron chi connectivity index (χ4n) is 1.89. The van der Waals surface area contributed by atoms with Crippen molar-refractivity contribution in [2.45, 2.75) is 19.1 Å². The Hall–Kier alpha value is -0.470. The molecule has 0 N–H and O–H groups in total. The van der Waals surface area contributed by atoms with Crippen LogP contribution in [0.1, 0.15) is 18.5 Å². The summed E-state index contributed by atoms with van der Waals surface area (Å²) >= 11 is 6.82. The molecule has 0 heterocycles. The summed E-state index contributed by atoms with van der Waals surface area (Å²) in [5.41, 5.74) is 0.173. The average Bonchev–Trinajstić information content (AvgIpc) is 2.45. The molecule has 0 spiro atoms. The summed E-state index contributed by atoms with van der Waals surface area (Å²) in [6.07, 6.45) is -4.38. The monoisotopic (exact) mass is 356 g/mol. The van der Waals surface area contributed by atoms with Crippen molar-refractivity contribution in [3.05, 3.63) is 34.9 Å². The first-order valence-corrected chi connectivity index (χ1v) is 7.87. The van der Waals surface area contributed by atoms with Crippen molar-refractivity contribution in [1.82, 2.24) is 8.61 Å². The van der Waals surface area contributed by atoms with Crippen molar-refractivity contribution in [2.24, 2.45) is 0 Å². The summed E-state index contributed by atoms with van der Waals surface area (Å²) in [7, 11) is 3.30. The molecule has 3 nitrogen and oxygen atoms in total. The second-order valence-electron chi connectivity index (χ2n) is 4.65. The van der Waals surface area contributed by atoms with Crippen LogP contribution in [0.2, 0.25) is 5.02 Å². The van der Waals surface area contributed by atoms with Crippen molar-refractivity contribution in [2.75, 3.05) is 33.9 Å². The highest BCUT2D eigenvalue weighted by atomic mass is 35.5. The normalized spacial score (nSPS) is 13.9. The van der Waals surface area contributed by atoms with Gasteiger partial charge in [0.25, 0.3) is 0 Å². The molecule has 1 atom stereocenters. The highest BCUT2D eigenvalue weighted by molar-refractivity contribution is 7.94. The van der Waals surface area contributed by atoms with Gasteiger partial charge in [-0.15, -0.1) is 0 Å². The first-order chi connectivity index (χ1) is 10.3. The molecule has 0 aliphatic heterocycles. The smallest absolute Gasteiger partial charge is 0.383 e. The van der Waals surface area contributed by atoms with Crippen LogP contribution in [-0.2, 0) is 4.74 Å². The molecule has 0 aromatic heterocycles. The van der Waals surface area contributed by atoms with Gasteiger partial charge in [-0.2, -0.15) is 13.2 Å². The molecule has 1 aromatic rings. The lowest BCUT2D eigenvalue weighted by Gasteiger charge is -2.33. The van der Waals surface area contributed by atoms with Gasteiger partial charge in [0.2, 0.25) is 0 Å². The Labute approximate surface area is 138 Å². The minimum Gasteiger partial charge on any atom is -0.383 e. The highest BCUT2D eigenvalue weighted by Gasteiger charge is 2.45. The lowest BCUT2D eigenvalue weighted by Crippen LogP contribution is -2.36. The van der Waals surface area contributed by atoms with Gasteiger partial charge in [0, 0.05) is 37.4 Å². The van der Waals surface area contributed by atoms with E-state index in [9.17, 15) is 13.2 Å². The topological polar surface area (TPSA) is 15.7 Å². The van der Waals surface area contributed by atoms with Gasteiger partial charge >= 0.3 is 6.18 Å². The van der Waals surface area contributed by atoms with Gasteiger partial charge in [-0.1, -0.05) is 30.7 Å². The van der Waals surface area contributed by atoms with Crippen molar-refractivity contribution in [3.8, 4) is 0 Å². The number of rotatable bonds is 8. The third-order valence-electron chi connectivity index (χ3n) is 2.95. The van der Waals surface area contributed by atoms with Crippen LogP contribution in [0.4, 0.5) is 13.2 Å². The molecule has 0 radical (unpaired) electrons. The highest BCUT2D eigenvalue weighted by Crippen LogP contribution is 2.41. The number of ether oxygens (including phenoxy) is 1. The number of hydrogen-bond donors (Lipinski definition) is 0. The third-order valence-corrected chi connectivity index (χ3v) is 4.34. The molecule has 0 fully saturated rings. The molecule has 0 unspecified atom stereocenters. The lowest BCUT2D eigenvalue weighted by molar-refractivity contribution is -0.172. The average molecular weight is 357 g/mol. The molecule has 0 amide bonds. The van der Waals surface area contributed by atoms with E-state index in [-0.39, 0.29) is 12.1 Å². The molecule has 0 aliphatic rings. The maximum Gasteiger partial charge on any atom is 0.409 e. The van der Waals surface area contributed by atoms with Crippen LogP contribution in [0.5, 0.6) is 0 Å². The molecule has 0 saturated heterocycles. The van der Waals surface area contributed by atoms with Crippen LogP contribution in [0.15, 0.2) is 24.3 Å². The number of halogens is 4. The second kappa shape index (κ2) is 8.98. The maximum absolute atomic E-state index is 13.5. The van der Waals surface area contributed by atoms with E-state index in [1.54, 1.807) is 25.4 Å². The van der Waals surface area contributed by atoms with E-state index in [0.717, 1.165) is 12.1 Å². The van der Waals surface area contributed by atoms with Crippen LogP contribution in [0.25, 0.3) is 0 Å². The Morgan fingerprint density at radius 2 is 1.86 bits per heavy atom. The van der Waals surface area contributed by atoms with Crippen molar-refractivity contribution < 1.29 is 17.9 Å². The summed E-state index contributed by atoms with van der Waals surface area (Å²) in [5, 5.41) is 0.414. The van der Waals surface area contributed by atoms with Crippen LogP contribution in [-0.4, -0.2) is 48.6 Å². The molecule has 0 saturated carbocycles. The quantitative estimate of drug-likeness (QED) is 0.641. The SMILES string of the molecule is CCN(SN(C)CCOC)[C@H](c1ccc(Cl)cc1)C(F)(F)F. The number of nitrogens with zero attached hydrogens (tertiary/aromatic N) is 2. The van der Waals surface area contributed by atoms with Crippen LogP contribution < -0.4 is 0 Å². The van der Waals surface area contributed by atoms with E-state index >= 15 is 0 Å². The van der Waals surface area contributed by atoms with E-state index in [1.165, 1.54) is 28.6 Å². The Morgan fingerprint density at radius 1 is 1.27 bits per heavy atom. The van der Waals surface area contributed by atoms with E-state index in [1.807, 2.05) is 0 Å². The van der Waals surface area contributed by atoms with E-state index in [4.69, 9.17) is 16.3 Å². The van der Waals surface area contributed by atoms with Gasteiger partial charge in [0.15, 0.2) is 0 Å². The number of methoxy groups -OCH3 is 1. The van der Waals surface area contributed by atoms with Gasteiger partial charge in [-0.25, -0.2) is 8.61 Å². The molecule has 126 valence electrons. The van der Waals surface area contributed by atoms with Crippen molar-refractivity contribution in [1.29, 1.82) is 0 Å². The van der Waals surface area contributed by atoms with Crippen molar-refractivity contribution in [3.63, 3.8) is 0 Å². The molecule has 8 heteroatoms. The standard InChI is InChI=1S/C14H20ClF3N2OS/c1-4-20(22-19(2)9-10-21-3)13(14(16,17)18)11-5-7-12(15)8-6-11/h5-8,13H,4,9-10H2,1-3H3/t13-/m1/s1. The summed E-state index contributed by atoms with van der Waals surface area (Å²) in [6, 6.07) is 4.09. The predicted octanol–water partition coefficient (Wildman–Crippen LogP) is 4.41. The number of likely N-dealkylation sites (N-methyl/N-ethyl adjacent to an activating group) is 1. The fourth-order valence-corrected chi connectivity index (χ4v) is 2.98. The number of hydrogen-bond acceptors (Lipinski definition) is 4. The zero-order valence-corrected chi connectivity index (χ0v) is 14.3. The first kappa shape index (κ1) is 19.6. The van der Waals surface area contributed by atoms with Gasteiger partial charge in [0.05, 0.1) is 6.61 Å². The fraction of sp³-hybridized carbons (Fsp3) is 0.571. The van der Waals surface area contributed by atoms with E-state index in [0.29, 0.717) is 18.2 Å². The van der Waals surface area contributed by atoms with Crippen LogP contribution >= 0.6 is 23.7 Å². The molecule has 22 heavy (non-hydrogen) atoms. The number of benzene rings is 1. The lowest BCUT2D eigenvalue weighted by atomic mass is 10.1. The Kier molecular flexibility index (Phi) is 7.99. The molecule has 1 aromatic carbocycles. The van der Waals surface area contributed by atoms with Gasteiger partial charge < -0.3 is 4.74 Å². The summed E-state index contributed by atoms with van der Waals surface area (Å²) in [6.45, 7) is 2.93. The third kappa shape index (κ3) is 5.96. The van der Waals surface area contributed by atoms with Crippen LogP contribution in [0, 0.1) is 0 Å².